The fourth-order valence-electron chi connectivity index (χ4n) is 2.57. The van der Waals surface area contributed by atoms with Gasteiger partial charge in [-0.1, -0.05) is 17.3 Å². The maximum absolute atomic E-state index is 5.41. The number of anilines is 1. The summed E-state index contributed by atoms with van der Waals surface area (Å²) in [5.74, 6) is 3.37. The molecular formula is C15H17N3OS. The molecule has 4 nitrogen and oxygen atoms in total. The SMILES string of the molecule is c1ccc2c(c1)SCCCN2Cc1nc(C2CC2)no1. The van der Waals surface area contributed by atoms with Crippen LogP contribution in [0.15, 0.2) is 33.7 Å². The minimum Gasteiger partial charge on any atom is -0.361 e. The lowest BCUT2D eigenvalue weighted by Gasteiger charge is -2.22. The Kier molecular flexibility index (Phi) is 3.14. The van der Waals surface area contributed by atoms with E-state index in [4.69, 9.17) is 4.52 Å². The van der Waals surface area contributed by atoms with Crippen molar-refractivity contribution in [3.63, 3.8) is 0 Å². The van der Waals surface area contributed by atoms with Crippen LogP contribution in [0.3, 0.4) is 0 Å². The highest BCUT2D eigenvalue weighted by Gasteiger charge is 2.29. The molecule has 0 N–H and O–H groups in total. The van der Waals surface area contributed by atoms with Gasteiger partial charge in [-0.15, -0.1) is 11.8 Å². The van der Waals surface area contributed by atoms with Crippen molar-refractivity contribution >= 4 is 17.4 Å². The summed E-state index contributed by atoms with van der Waals surface area (Å²) < 4.78 is 5.41. The highest BCUT2D eigenvalue weighted by molar-refractivity contribution is 7.99. The van der Waals surface area contributed by atoms with Crippen molar-refractivity contribution in [2.24, 2.45) is 0 Å². The van der Waals surface area contributed by atoms with Crippen molar-refractivity contribution in [1.82, 2.24) is 10.1 Å². The van der Waals surface area contributed by atoms with Gasteiger partial charge >= 0.3 is 0 Å². The van der Waals surface area contributed by atoms with E-state index in [2.05, 4.69) is 39.3 Å². The Bertz CT molecular complexity index is 609. The first-order valence-corrected chi connectivity index (χ1v) is 8.18. The molecule has 1 saturated carbocycles. The van der Waals surface area contributed by atoms with Gasteiger partial charge in [0.2, 0.25) is 5.89 Å². The standard InChI is InChI=1S/C15H17N3OS/c1-2-5-13-12(4-1)18(8-3-9-20-13)10-14-16-15(17-19-14)11-6-7-11/h1-2,4-5,11H,3,6-10H2. The van der Waals surface area contributed by atoms with Crippen LogP contribution in [-0.4, -0.2) is 22.4 Å². The molecule has 20 heavy (non-hydrogen) atoms. The normalized spacial score (nSPS) is 18.7. The lowest BCUT2D eigenvalue weighted by Crippen LogP contribution is -2.23. The van der Waals surface area contributed by atoms with Crippen LogP contribution in [0.4, 0.5) is 5.69 Å². The maximum atomic E-state index is 5.41. The van der Waals surface area contributed by atoms with Crippen molar-refractivity contribution in [2.75, 3.05) is 17.2 Å². The highest BCUT2D eigenvalue weighted by Crippen LogP contribution is 2.38. The van der Waals surface area contributed by atoms with Crippen molar-refractivity contribution < 1.29 is 4.52 Å². The molecule has 0 radical (unpaired) electrons. The second-order valence-electron chi connectivity index (χ2n) is 5.41. The van der Waals surface area contributed by atoms with Gasteiger partial charge < -0.3 is 9.42 Å². The van der Waals surface area contributed by atoms with Gasteiger partial charge in [-0.3, -0.25) is 0 Å². The zero-order chi connectivity index (χ0) is 13.4. The van der Waals surface area contributed by atoms with Crippen LogP contribution in [0, 0.1) is 0 Å². The van der Waals surface area contributed by atoms with Crippen LogP contribution >= 0.6 is 11.8 Å². The average molecular weight is 287 g/mol. The third-order valence-corrected chi connectivity index (χ3v) is 4.94. The monoisotopic (exact) mass is 287 g/mol. The molecule has 2 aromatic rings. The Balaban J connectivity index is 1.57. The Morgan fingerprint density at radius 2 is 2.20 bits per heavy atom. The Morgan fingerprint density at radius 1 is 1.30 bits per heavy atom. The van der Waals surface area contributed by atoms with E-state index < -0.39 is 0 Å². The predicted molar refractivity (Wildman–Crippen MR) is 79.1 cm³/mol. The van der Waals surface area contributed by atoms with E-state index >= 15 is 0 Å². The van der Waals surface area contributed by atoms with E-state index in [9.17, 15) is 0 Å². The molecule has 1 aliphatic heterocycles. The quantitative estimate of drug-likeness (QED) is 0.865. The Hall–Kier alpha value is -1.49. The van der Waals surface area contributed by atoms with Crippen LogP contribution in [0.1, 0.15) is 36.9 Å². The molecule has 1 aromatic carbocycles. The number of thioether (sulfide) groups is 1. The Labute approximate surface area is 122 Å². The number of aromatic nitrogens is 2. The molecule has 0 saturated heterocycles. The Morgan fingerprint density at radius 3 is 3.10 bits per heavy atom. The van der Waals surface area contributed by atoms with Crippen LogP contribution in [0.2, 0.25) is 0 Å². The van der Waals surface area contributed by atoms with Gasteiger partial charge in [0, 0.05) is 17.4 Å². The summed E-state index contributed by atoms with van der Waals surface area (Å²) in [5.41, 5.74) is 1.29. The van der Waals surface area contributed by atoms with Crippen LogP contribution in [0.25, 0.3) is 0 Å². The lowest BCUT2D eigenvalue weighted by atomic mass is 10.2. The molecule has 0 unspecified atom stereocenters. The number of hydrogen-bond donors (Lipinski definition) is 0. The number of fused-ring (bicyclic) bond motifs is 1. The van der Waals surface area contributed by atoms with Gasteiger partial charge in [-0.25, -0.2) is 0 Å². The molecular weight excluding hydrogens is 270 g/mol. The van der Waals surface area contributed by atoms with Crippen molar-refractivity contribution in [3.8, 4) is 0 Å². The van der Waals surface area contributed by atoms with Crippen LogP contribution < -0.4 is 4.90 Å². The summed E-state index contributed by atoms with van der Waals surface area (Å²) in [6.07, 6.45) is 3.60. The summed E-state index contributed by atoms with van der Waals surface area (Å²) in [6.45, 7) is 1.77. The summed E-state index contributed by atoms with van der Waals surface area (Å²) in [7, 11) is 0. The second-order valence-corrected chi connectivity index (χ2v) is 6.55. The molecule has 1 aromatic heterocycles. The summed E-state index contributed by atoms with van der Waals surface area (Å²) in [5, 5.41) is 4.11. The molecule has 5 heteroatoms. The lowest BCUT2D eigenvalue weighted by molar-refractivity contribution is 0.371. The molecule has 0 amide bonds. The van der Waals surface area contributed by atoms with E-state index in [0.29, 0.717) is 5.92 Å². The molecule has 0 spiro atoms. The average Bonchev–Trinajstić information content (AvgIpc) is 3.25. The molecule has 1 aliphatic carbocycles. The molecule has 0 atom stereocenters. The number of rotatable bonds is 3. The first-order valence-electron chi connectivity index (χ1n) is 7.19. The molecule has 0 bridgehead atoms. The van der Waals surface area contributed by atoms with Crippen molar-refractivity contribution in [3.05, 3.63) is 36.0 Å². The smallest absolute Gasteiger partial charge is 0.246 e. The number of nitrogens with zero attached hydrogens (tertiary/aromatic N) is 3. The third kappa shape index (κ3) is 2.42. The summed E-state index contributed by atoms with van der Waals surface area (Å²) in [4.78, 5) is 8.26. The fraction of sp³-hybridized carbons (Fsp3) is 0.467. The van der Waals surface area contributed by atoms with Gasteiger partial charge in [0.05, 0.1) is 12.2 Å². The first-order chi connectivity index (χ1) is 9.90. The highest BCUT2D eigenvalue weighted by atomic mass is 32.2. The zero-order valence-electron chi connectivity index (χ0n) is 11.3. The molecule has 1 fully saturated rings. The topological polar surface area (TPSA) is 42.2 Å². The van der Waals surface area contributed by atoms with Crippen LogP contribution in [-0.2, 0) is 6.54 Å². The van der Waals surface area contributed by atoms with E-state index in [-0.39, 0.29) is 0 Å². The number of para-hydroxylation sites is 1. The van der Waals surface area contributed by atoms with E-state index in [1.165, 1.54) is 35.6 Å². The zero-order valence-corrected chi connectivity index (χ0v) is 12.1. The van der Waals surface area contributed by atoms with Crippen molar-refractivity contribution in [2.45, 2.75) is 36.6 Å². The van der Waals surface area contributed by atoms with Crippen molar-refractivity contribution in [1.29, 1.82) is 0 Å². The summed E-state index contributed by atoms with van der Waals surface area (Å²) in [6, 6.07) is 8.59. The van der Waals surface area contributed by atoms with Gasteiger partial charge in [-0.2, -0.15) is 4.98 Å². The number of hydrogen-bond acceptors (Lipinski definition) is 5. The van der Waals surface area contributed by atoms with E-state index in [0.717, 1.165) is 24.8 Å². The maximum Gasteiger partial charge on any atom is 0.246 e. The van der Waals surface area contributed by atoms with Gasteiger partial charge in [0.1, 0.15) is 0 Å². The number of benzene rings is 1. The minimum absolute atomic E-state index is 0.555. The van der Waals surface area contributed by atoms with Gasteiger partial charge in [-0.05, 0) is 37.1 Å². The van der Waals surface area contributed by atoms with Gasteiger partial charge in [0.25, 0.3) is 0 Å². The molecule has 2 heterocycles. The second kappa shape index (κ2) is 5.13. The van der Waals surface area contributed by atoms with Gasteiger partial charge in [0.15, 0.2) is 5.82 Å². The third-order valence-electron chi connectivity index (χ3n) is 3.79. The molecule has 4 rings (SSSR count). The van der Waals surface area contributed by atoms with Crippen LogP contribution in [0.5, 0.6) is 0 Å². The minimum atomic E-state index is 0.555. The van der Waals surface area contributed by atoms with E-state index in [1.54, 1.807) is 0 Å². The predicted octanol–water partition coefficient (Wildman–Crippen LogP) is 3.45. The fourth-order valence-corrected chi connectivity index (χ4v) is 3.58. The molecule has 2 aliphatic rings. The largest absolute Gasteiger partial charge is 0.361 e. The molecule has 104 valence electrons. The first kappa shape index (κ1) is 12.3. The van der Waals surface area contributed by atoms with E-state index in [1.807, 2.05) is 11.8 Å². The summed E-state index contributed by atoms with van der Waals surface area (Å²) >= 11 is 1.94.